The highest BCUT2D eigenvalue weighted by atomic mass is 32.2. The van der Waals surface area contributed by atoms with Crippen LogP contribution in [-0.2, 0) is 10.1 Å². The van der Waals surface area contributed by atoms with Gasteiger partial charge in [-0.2, -0.15) is 0 Å². The highest BCUT2D eigenvalue weighted by molar-refractivity contribution is 7.95. The molecule has 0 N–H and O–H groups in total. The molecule has 30 heavy (non-hydrogen) atoms. The van der Waals surface area contributed by atoms with Crippen LogP contribution in [0.4, 0.5) is 0 Å². The van der Waals surface area contributed by atoms with Gasteiger partial charge >= 0.3 is 0 Å². The lowest BCUT2D eigenvalue weighted by Crippen LogP contribution is -2.34. The maximum absolute atomic E-state index is 9.08. The minimum Gasteiger partial charge on any atom is -0.748 e. The molecule has 0 heterocycles. The van der Waals surface area contributed by atoms with Crippen LogP contribution < -0.4 is 15.9 Å². The second-order valence-corrected chi connectivity index (χ2v) is 13.6. The number of rotatable bonds is 5. The van der Waals surface area contributed by atoms with Gasteiger partial charge in [-0.1, -0.05) is 75.4 Å². The van der Waals surface area contributed by atoms with Crippen LogP contribution in [0.3, 0.4) is 0 Å². The molecule has 0 bridgehead atoms. The summed E-state index contributed by atoms with van der Waals surface area (Å²) >= 11 is 0. The van der Waals surface area contributed by atoms with Crippen LogP contribution in [0, 0.1) is 5.41 Å². The molecule has 160 valence electrons. The third-order valence-corrected chi connectivity index (χ3v) is 9.22. The van der Waals surface area contributed by atoms with Crippen molar-refractivity contribution in [2.45, 2.75) is 27.2 Å². The Hall–Kier alpha value is -2.00. The lowest BCUT2D eigenvalue weighted by atomic mass is 9.94. The number of benzene rings is 3. The fourth-order valence-electron chi connectivity index (χ4n) is 3.39. The Kier molecular flexibility index (Phi) is 8.37. The van der Waals surface area contributed by atoms with Gasteiger partial charge in [0, 0.05) is 6.26 Å². The summed E-state index contributed by atoms with van der Waals surface area (Å²) in [6, 6.07) is 33.5. The molecule has 0 aromatic heterocycles. The SMILES string of the molecule is CC(C)(C)CC[P+](c1ccccc1)(c1ccccc1)c1ccccc1.CS(=O)(=O)[O-]. The Balaban J connectivity index is 0.000000575. The minimum atomic E-state index is -3.92. The van der Waals surface area contributed by atoms with E-state index in [1.165, 1.54) is 28.5 Å². The zero-order chi connectivity index (χ0) is 22.3. The molecule has 3 nitrogen and oxygen atoms in total. The van der Waals surface area contributed by atoms with Gasteiger partial charge in [-0.25, -0.2) is 8.42 Å². The van der Waals surface area contributed by atoms with Crippen LogP contribution in [0.5, 0.6) is 0 Å². The average molecular weight is 443 g/mol. The molecule has 0 atom stereocenters. The lowest BCUT2D eigenvalue weighted by Gasteiger charge is -2.30. The van der Waals surface area contributed by atoms with Crippen LogP contribution in [0.15, 0.2) is 91.0 Å². The van der Waals surface area contributed by atoms with Crippen molar-refractivity contribution in [2.24, 2.45) is 5.41 Å². The van der Waals surface area contributed by atoms with Crippen molar-refractivity contribution in [3.05, 3.63) is 91.0 Å². The standard InChI is InChI=1S/C24H28P.CH4O3S/c1-24(2,3)19-20-25(21-13-7-4-8-14-21,22-15-9-5-10-16-22)23-17-11-6-12-18-23;1-5(2,3)4/h4-18H,19-20H2,1-3H3;1H3,(H,2,3,4)/q+1;/p-1. The van der Waals surface area contributed by atoms with E-state index in [1.54, 1.807) is 0 Å². The van der Waals surface area contributed by atoms with Gasteiger partial charge in [-0.15, -0.1) is 0 Å². The molecule has 0 amide bonds. The third kappa shape index (κ3) is 7.36. The second kappa shape index (κ2) is 10.3. The highest BCUT2D eigenvalue weighted by Crippen LogP contribution is 2.56. The molecule has 0 fully saturated rings. The van der Waals surface area contributed by atoms with Gasteiger partial charge in [0.25, 0.3) is 0 Å². The van der Waals surface area contributed by atoms with E-state index in [0.29, 0.717) is 11.7 Å². The normalized spacial score (nSPS) is 12.0. The molecule has 3 rings (SSSR count). The van der Waals surface area contributed by atoms with Crippen molar-refractivity contribution in [3.63, 3.8) is 0 Å². The van der Waals surface area contributed by atoms with Crippen LogP contribution in [0.1, 0.15) is 27.2 Å². The van der Waals surface area contributed by atoms with Crippen molar-refractivity contribution in [2.75, 3.05) is 12.4 Å². The van der Waals surface area contributed by atoms with Crippen LogP contribution >= 0.6 is 7.26 Å². The van der Waals surface area contributed by atoms with Crippen molar-refractivity contribution in [3.8, 4) is 0 Å². The third-order valence-electron chi connectivity index (χ3n) is 4.79. The van der Waals surface area contributed by atoms with Gasteiger partial charge in [0.05, 0.1) is 16.3 Å². The fraction of sp³-hybridized carbons (Fsp3) is 0.280. The summed E-state index contributed by atoms with van der Waals surface area (Å²) in [4.78, 5) is 0. The van der Waals surface area contributed by atoms with E-state index < -0.39 is 17.4 Å². The van der Waals surface area contributed by atoms with Crippen molar-refractivity contribution >= 4 is 33.3 Å². The van der Waals surface area contributed by atoms with Gasteiger partial charge in [0.1, 0.15) is 23.2 Å². The summed E-state index contributed by atoms with van der Waals surface area (Å²) in [5.41, 5.74) is 0.323. The van der Waals surface area contributed by atoms with Crippen molar-refractivity contribution in [1.82, 2.24) is 0 Å². The largest absolute Gasteiger partial charge is 0.748 e. The maximum Gasteiger partial charge on any atom is 0.112 e. The first-order valence-electron chi connectivity index (χ1n) is 9.98. The van der Waals surface area contributed by atoms with Crippen molar-refractivity contribution in [1.29, 1.82) is 0 Å². The Morgan fingerprint density at radius 2 is 0.967 bits per heavy atom. The van der Waals surface area contributed by atoms with E-state index in [1.807, 2.05) is 0 Å². The zero-order valence-electron chi connectivity index (χ0n) is 18.2. The Morgan fingerprint density at radius 3 is 1.20 bits per heavy atom. The molecule has 0 aliphatic rings. The summed E-state index contributed by atoms with van der Waals surface area (Å²) in [5, 5.41) is 4.45. The van der Waals surface area contributed by atoms with Gasteiger partial charge in [0.15, 0.2) is 0 Å². The minimum absolute atomic E-state index is 0.323. The van der Waals surface area contributed by atoms with E-state index in [-0.39, 0.29) is 0 Å². The molecular formula is C25H31O3PS. The quantitative estimate of drug-likeness (QED) is 0.429. The monoisotopic (exact) mass is 442 g/mol. The van der Waals surface area contributed by atoms with Crippen LogP contribution in [-0.4, -0.2) is 25.4 Å². The molecule has 3 aromatic rings. The molecule has 0 unspecified atom stereocenters. The first-order valence-corrected chi connectivity index (χ1v) is 13.8. The second-order valence-electron chi connectivity index (χ2n) is 8.55. The summed E-state index contributed by atoms with van der Waals surface area (Å²) in [6.07, 6.45) is 3.01. The fourth-order valence-corrected chi connectivity index (χ4v) is 8.10. The summed E-state index contributed by atoms with van der Waals surface area (Å²) in [7, 11) is -5.57. The first kappa shape index (κ1) is 24.3. The van der Waals surface area contributed by atoms with E-state index in [4.69, 9.17) is 13.0 Å². The van der Waals surface area contributed by atoms with Crippen LogP contribution in [0.25, 0.3) is 0 Å². The first-order chi connectivity index (χ1) is 14.0. The Bertz CT molecular complexity index is 892. The number of hydrogen-bond donors (Lipinski definition) is 0. The topological polar surface area (TPSA) is 57.2 Å². The van der Waals surface area contributed by atoms with Gasteiger partial charge in [-0.05, 0) is 48.2 Å². The summed E-state index contributed by atoms with van der Waals surface area (Å²) < 4.78 is 27.2. The van der Waals surface area contributed by atoms with E-state index in [0.717, 1.165) is 0 Å². The van der Waals surface area contributed by atoms with Gasteiger partial charge in [-0.3, -0.25) is 0 Å². The predicted molar refractivity (Wildman–Crippen MR) is 130 cm³/mol. The molecule has 0 aliphatic heterocycles. The number of hydrogen-bond acceptors (Lipinski definition) is 3. The zero-order valence-corrected chi connectivity index (χ0v) is 19.9. The van der Waals surface area contributed by atoms with E-state index >= 15 is 0 Å². The van der Waals surface area contributed by atoms with E-state index in [9.17, 15) is 0 Å². The van der Waals surface area contributed by atoms with Crippen molar-refractivity contribution < 1.29 is 13.0 Å². The lowest BCUT2D eigenvalue weighted by molar-refractivity contribution is 0.400. The maximum atomic E-state index is 9.08. The summed E-state index contributed by atoms with van der Waals surface area (Å²) in [6.45, 7) is 7.05. The van der Waals surface area contributed by atoms with Gasteiger partial charge in [0.2, 0.25) is 0 Å². The smallest absolute Gasteiger partial charge is 0.112 e. The van der Waals surface area contributed by atoms with Crippen LogP contribution in [0.2, 0.25) is 0 Å². The molecule has 0 saturated carbocycles. The molecular weight excluding hydrogens is 411 g/mol. The summed E-state index contributed by atoms with van der Waals surface area (Å²) in [5.74, 6) is 0. The molecule has 0 spiro atoms. The predicted octanol–water partition coefficient (Wildman–Crippen LogP) is 4.58. The van der Waals surface area contributed by atoms with Gasteiger partial charge < -0.3 is 4.55 Å². The van der Waals surface area contributed by atoms with E-state index in [2.05, 4.69) is 112 Å². The molecule has 5 heteroatoms. The average Bonchev–Trinajstić information content (AvgIpc) is 2.69. The Morgan fingerprint density at radius 1 is 0.700 bits per heavy atom. The molecule has 3 aromatic carbocycles. The Labute approximate surface area is 182 Å². The molecule has 0 saturated heterocycles. The molecule has 0 aliphatic carbocycles. The highest BCUT2D eigenvalue weighted by Gasteiger charge is 2.45. The molecule has 0 radical (unpaired) electrons.